The summed E-state index contributed by atoms with van der Waals surface area (Å²) in [4.78, 5) is 24.3. The van der Waals surface area contributed by atoms with Crippen molar-refractivity contribution in [2.45, 2.75) is 13.3 Å². The van der Waals surface area contributed by atoms with Crippen molar-refractivity contribution in [2.75, 3.05) is 10.6 Å². The van der Waals surface area contributed by atoms with E-state index < -0.39 is 6.03 Å². The van der Waals surface area contributed by atoms with Gasteiger partial charge in [-0.2, -0.15) is 0 Å². The SMILES string of the molecule is CCc1cccc(NC(=O)Nc2ccc(-c3cc4ccccc4n3C(N)=O)cc2)c1. The van der Waals surface area contributed by atoms with E-state index in [4.69, 9.17) is 5.73 Å². The summed E-state index contributed by atoms with van der Waals surface area (Å²) < 4.78 is 1.49. The maximum atomic E-state index is 12.3. The van der Waals surface area contributed by atoms with Gasteiger partial charge in [-0.15, -0.1) is 0 Å². The molecule has 6 nitrogen and oxygen atoms in total. The number of primary amides is 1. The lowest BCUT2D eigenvalue weighted by Gasteiger charge is -2.10. The number of anilines is 2. The number of hydrogen-bond donors (Lipinski definition) is 3. The molecule has 0 atom stereocenters. The van der Waals surface area contributed by atoms with Crippen LogP contribution in [0.4, 0.5) is 21.0 Å². The molecule has 0 fully saturated rings. The quantitative estimate of drug-likeness (QED) is 0.427. The molecule has 0 unspecified atom stereocenters. The van der Waals surface area contributed by atoms with Gasteiger partial charge in [-0.25, -0.2) is 9.59 Å². The number of nitrogens with two attached hydrogens (primary N) is 1. The van der Waals surface area contributed by atoms with Crippen LogP contribution in [0.2, 0.25) is 0 Å². The van der Waals surface area contributed by atoms with Crippen LogP contribution in [0.15, 0.2) is 78.9 Å². The van der Waals surface area contributed by atoms with Gasteiger partial charge in [-0.3, -0.25) is 4.57 Å². The van der Waals surface area contributed by atoms with Gasteiger partial charge in [0.1, 0.15) is 0 Å². The van der Waals surface area contributed by atoms with E-state index >= 15 is 0 Å². The van der Waals surface area contributed by atoms with E-state index in [1.54, 1.807) is 12.1 Å². The van der Waals surface area contributed by atoms with Crippen LogP contribution in [0.5, 0.6) is 0 Å². The first-order chi connectivity index (χ1) is 14.5. The summed E-state index contributed by atoms with van der Waals surface area (Å²) in [6.45, 7) is 2.07. The lowest BCUT2D eigenvalue weighted by Crippen LogP contribution is -2.20. The minimum Gasteiger partial charge on any atom is -0.351 e. The van der Waals surface area contributed by atoms with Gasteiger partial charge in [0.25, 0.3) is 0 Å². The van der Waals surface area contributed by atoms with Crippen LogP contribution in [0, 0.1) is 0 Å². The lowest BCUT2D eigenvalue weighted by atomic mass is 10.1. The smallest absolute Gasteiger partial charge is 0.323 e. The van der Waals surface area contributed by atoms with Crippen LogP contribution in [0.25, 0.3) is 22.2 Å². The number of hydrogen-bond acceptors (Lipinski definition) is 2. The summed E-state index contributed by atoms with van der Waals surface area (Å²) in [7, 11) is 0. The molecule has 3 amide bonds. The highest BCUT2D eigenvalue weighted by molar-refractivity contribution is 6.00. The highest BCUT2D eigenvalue weighted by atomic mass is 16.2. The zero-order valence-corrected chi connectivity index (χ0v) is 16.6. The van der Waals surface area contributed by atoms with Gasteiger partial charge in [0.2, 0.25) is 0 Å². The number of nitrogens with zero attached hydrogens (tertiary/aromatic N) is 1. The molecule has 0 aliphatic carbocycles. The van der Waals surface area contributed by atoms with Crippen LogP contribution in [0.1, 0.15) is 12.5 Å². The maximum Gasteiger partial charge on any atom is 0.323 e. The Morgan fingerprint density at radius 2 is 1.60 bits per heavy atom. The molecule has 6 heteroatoms. The van der Waals surface area contributed by atoms with E-state index in [9.17, 15) is 9.59 Å². The number of para-hydroxylation sites is 1. The molecule has 0 saturated heterocycles. The Balaban J connectivity index is 1.53. The number of carbonyl (C=O) groups excluding carboxylic acids is 2. The second-order valence-electron chi connectivity index (χ2n) is 6.97. The predicted molar refractivity (Wildman–Crippen MR) is 121 cm³/mol. The normalized spacial score (nSPS) is 10.7. The minimum atomic E-state index is -0.540. The number of amides is 3. The first-order valence-corrected chi connectivity index (χ1v) is 9.73. The van der Waals surface area contributed by atoms with Gasteiger partial charge < -0.3 is 16.4 Å². The molecular weight excluding hydrogens is 376 g/mol. The Kier molecular flexibility index (Phi) is 5.22. The summed E-state index contributed by atoms with van der Waals surface area (Å²) in [5.41, 5.74) is 10.4. The fraction of sp³-hybridized carbons (Fsp3) is 0.0833. The van der Waals surface area contributed by atoms with Crippen molar-refractivity contribution >= 4 is 34.3 Å². The van der Waals surface area contributed by atoms with E-state index in [1.165, 1.54) is 4.57 Å². The number of rotatable bonds is 4. The summed E-state index contributed by atoms with van der Waals surface area (Å²) in [5.74, 6) is 0. The fourth-order valence-corrected chi connectivity index (χ4v) is 3.49. The largest absolute Gasteiger partial charge is 0.351 e. The van der Waals surface area contributed by atoms with Crippen molar-refractivity contribution < 1.29 is 9.59 Å². The van der Waals surface area contributed by atoms with Crippen LogP contribution < -0.4 is 16.4 Å². The molecule has 150 valence electrons. The zero-order valence-electron chi connectivity index (χ0n) is 16.6. The highest BCUT2D eigenvalue weighted by Gasteiger charge is 2.14. The van der Waals surface area contributed by atoms with Crippen molar-refractivity contribution in [3.05, 3.63) is 84.4 Å². The number of fused-ring (bicyclic) bond motifs is 1. The second kappa shape index (κ2) is 8.13. The van der Waals surface area contributed by atoms with Crippen molar-refractivity contribution in [1.82, 2.24) is 4.57 Å². The molecule has 4 rings (SSSR count). The average Bonchev–Trinajstić information content (AvgIpc) is 3.14. The second-order valence-corrected chi connectivity index (χ2v) is 6.97. The predicted octanol–water partition coefficient (Wildman–Crippen LogP) is 5.44. The van der Waals surface area contributed by atoms with Crippen LogP contribution in [0.3, 0.4) is 0 Å². The Morgan fingerprint density at radius 3 is 2.33 bits per heavy atom. The summed E-state index contributed by atoms with van der Waals surface area (Å²) in [6.07, 6.45) is 0.903. The third-order valence-electron chi connectivity index (χ3n) is 4.96. The van der Waals surface area contributed by atoms with Crippen molar-refractivity contribution in [1.29, 1.82) is 0 Å². The molecule has 30 heavy (non-hydrogen) atoms. The molecule has 1 aromatic heterocycles. The monoisotopic (exact) mass is 398 g/mol. The van der Waals surface area contributed by atoms with Crippen LogP contribution in [-0.2, 0) is 6.42 Å². The molecule has 4 N–H and O–H groups in total. The molecule has 3 aromatic carbocycles. The molecule has 0 aliphatic rings. The molecule has 0 spiro atoms. The molecular formula is C24H22N4O2. The lowest BCUT2D eigenvalue weighted by molar-refractivity contribution is 0.251. The van der Waals surface area contributed by atoms with E-state index in [2.05, 4.69) is 17.6 Å². The fourth-order valence-electron chi connectivity index (χ4n) is 3.49. The van der Waals surface area contributed by atoms with Crippen molar-refractivity contribution in [3.63, 3.8) is 0 Å². The van der Waals surface area contributed by atoms with E-state index in [1.807, 2.05) is 66.7 Å². The van der Waals surface area contributed by atoms with Gasteiger partial charge >= 0.3 is 12.1 Å². The summed E-state index contributed by atoms with van der Waals surface area (Å²) >= 11 is 0. The number of nitrogens with one attached hydrogen (secondary N) is 2. The topological polar surface area (TPSA) is 89.2 Å². The Labute approximate surface area is 174 Å². The molecule has 0 saturated carbocycles. The minimum absolute atomic E-state index is 0.317. The Bertz CT molecular complexity index is 1230. The highest BCUT2D eigenvalue weighted by Crippen LogP contribution is 2.28. The summed E-state index contributed by atoms with van der Waals surface area (Å²) in [5, 5.41) is 6.59. The Morgan fingerprint density at radius 1 is 0.867 bits per heavy atom. The molecule has 4 aromatic rings. The summed E-state index contributed by atoms with van der Waals surface area (Å²) in [6, 6.07) is 23.7. The van der Waals surface area contributed by atoms with Crippen molar-refractivity contribution in [3.8, 4) is 11.3 Å². The zero-order chi connectivity index (χ0) is 21.1. The van der Waals surface area contributed by atoms with E-state index in [0.29, 0.717) is 11.4 Å². The van der Waals surface area contributed by atoms with E-state index in [0.717, 1.165) is 34.1 Å². The van der Waals surface area contributed by atoms with Crippen LogP contribution >= 0.6 is 0 Å². The number of urea groups is 1. The number of carbonyl (C=O) groups is 2. The Hall–Kier alpha value is -4.06. The number of aryl methyl sites for hydroxylation is 1. The van der Waals surface area contributed by atoms with Gasteiger partial charge in [-0.05, 0) is 53.9 Å². The van der Waals surface area contributed by atoms with Gasteiger partial charge in [0, 0.05) is 16.8 Å². The van der Waals surface area contributed by atoms with Crippen LogP contribution in [-0.4, -0.2) is 16.6 Å². The van der Waals surface area contributed by atoms with Gasteiger partial charge in [-0.1, -0.05) is 49.4 Å². The third kappa shape index (κ3) is 3.89. The number of aromatic nitrogens is 1. The van der Waals surface area contributed by atoms with Gasteiger partial charge in [0.05, 0.1) is 11.2 Å². The number of benzene rings is 3. The third-order valence-corrected chi connectivity index (χ3v) is 4.96. The van der Waals surface area contributed by atoms with Gasteiger partial charge in [0.15, 0.2) is 0 Å². The molecule has 0 aliphatic heterocycles. The first-order valence-electron chi connectivity index (χ1n) is 9.73. The van der Waals surface area contributed by atoms with Crippen molar-refractivity contribution in [2.24, 2.45) is 5.73 Å². The standard InChI is InChI=1S/C24H22N4O2/c1-2-16-6-5-8-20(14-16)27-24(30)26-19-12-10-17(11-13-19)22-15-18-7-3-4-9-21(18)28(22)23(25)29/h3-15H,2H2,1H3,(H2,25,29)(H2,26,27,30). The molecule has 1 heterocycles. The first kappa shape index (κ1) is 19.3. The average molecular weight is 398 g/mol. The molecule has 0 radical (unpaired) electrons. The molecule has 0 bridgehead atoms. The maximum absolute atomic E-state index is 12.3. The van der Waals surface area contributed by atoms with E-state index in [-0.39, 0.29) is 6.03 Å².